The van der Waals surface area contributed by atoms with E-state index < -0.39 is 11.9 Å². The lowest BCUT2D eigenvalue weighted by molar-refractivity contribution is -0.122. The van der Waals surface area contributed by atoms with Crippen LogP contribution in [0.15, 0.2) is 24.3 Å². The van der Waals surface area contributed by atoms with E-state index in [-0.39, 0.29) is 12.6 Å². The summed E-state index contributed by atoms with van der Waals surface area (Å²) in [6.45, 7) is 3.48. The molecule has 3 amide bonds. The zero-order valence-electron chi connectivity index (χ0n) is 11.5. The molecular formula is C14H17N3O3. The highest BCUT2D eigenvalue weighted by Gasteiger charge is 2.10. The Bertz CT molecular complexity index is 523. The van der Waals surface area contributed by atoms with Gasteiger partial charge in [-0.25, -0.2) is 4.79 Å². The first-order valence-corrected chi connectivity index (χ1v) is 6.28. The molecule has 0 aliphatic heterocycles. The third-order valence-corrected chi connectivity index (χ3v) is 2.58. The number of carbonyl (C=O) groups is 2. The van der Waals surface area contributed by atoms with Crippen LogP contribution in [0.4, 0.5) is 4.79 Å². The number of carbonyl (C=O) groups excluding carboxylic acids is 2. The Balaban J connectivity index is 2.40. The molecule has 20 heavy (non-hydrogen) atoms. The van der Waals surface area contributed by atoms with E-state index in [1.54, 1.807) is 18.2 Å². The van der Waals surface area contributed by atoms with Gasteiger partial charge in [0.2, 0.25) is 0 Å². The van der Waals surface area contributed by atoms with Crippen LogP contribution in [0.3, 0.4) is 0 Å². The van der Waals surface area contributed by atoms with Gasteiger partial charge in [0, 0.05) is 6.04 Å². The molecule has 1 rings (SSSR count). The van der Waals surface area contributed by atoms with Crippen LogP contribution in [0.2, 0.25) is 0 Å². The Morgan fingerprint density at radius 1 is 1.45 bits per heavy atom. The van der Waals surface area contributed by atoms with E-state index in [1.807, 2.05) is 19.9 Å². The molecule has 6 nitrogen and oxygen atoms in total. The predicted octanol–water partition coefficient (Wildman–Crippen LogP) is 1.56. The number of urea groups is 1. The highest BCUT2D eigenvalue weighted by Crippen LogP contribution is 2.12. The summed E-state index contributed by atoms with van der Waals surface area (Å²) >= 11 is 0. The number of nitriles is 1. The van der Waals surface area contributed by atoms with E-state index in [0.717, 1.165) is 6.42 Å². The van der Waals surface area contributed by atoms with Crippen molar-refractivity contribution in [3.63, 3.8) is 0 Å². The molecule has 0 radical (unpaired) electrons. The Kier molecular flexibility index (Phi) is 6.04. The molecule has 0 unspecified atom stereocenters. The molecule has 0 saturated heterocycles. The molecule has 0 spiro atoms. The molecule has 1 aromatic carbocycles. The Morgan fingerprint density at radius 2 is 2.20 bits per heavy atom. The zero-order chi connectivity index (χ0) is 15.0. The molecule has 1 aromatic rings. The number of nitrogens with zero attached hydrogens (tertiary/aromatic N) is 1. The van der Waals surface area contributed by atoms with Crippen molar-refractivity contribution in [2.24, 2.45) is 0 Å². The van der Waals surface area contributed by atoms with Crippen LogP contribution in [0.5, 0.6) is 5.75 Å². The van der Waals surface area contributed by atoms with E-state index >= 15 is 0 Å². The standard InChI is InChI=1S/C14H17N3O3/c1-3-10(2)16-14(19)17-13(18)9-20-12-6-4-5-11(7-12)8-15/h4-7,10H,3,9H2,1-2H3,(H2,16,17,18,19)/t10-/m1/s1. The topological polar surface area (TPSA) is 91.2 Å². The van der Waals surface area contributed by atoms with Crippen LogP contribution in [0.25, 0.3) is 0 Å². The van der Waals surface area contributed by atoms with E-state index in [0.29, 0.717) is 11.3 Å². The SMILES string of the molecule is CC[C@@H](C)NC(=O)NC(=O)COc1cccc(C#N)c1. The fraction of sp³-hybridized carbons (Fsp3) is 0.357. The van der Waals surface area contributed by atoms with Crippen LogP contribution in [-0.4, -0.2) is 24.6 Å². The fourth-order valence-electron chi connectivity index (χ4n) is 1.33. The van der Waals surface area contributed by atoms with Gasteiger partial charge in [-0.2, -0.15) is 5.26 Å². The molecular weight excluding hydrogens is 258 g/mol. The van der Waals surface area contributed by atoms with E-state index in [9.17, 15) is 9.59 Å². The molecule has 0 saturated carbocycles. The highest BCUT2D eigenvalue weighted by atomic mass is 16.5. The fourth-order valence-corrected chi connectivity index (χ4v) is 1.33. The number of benzene rings is 1. The van der Waals surface area contributed by atoms with Gasteiger partial charge in [0.1, 0.15) is 5.75 Å². The van der Waals surface area contributed by atoms with Gasteiger partial charge in [0.05, 0.1) is 11.6 Å². The van der Waals surface area contributed by atoms with Crippen LogP contribution < -0.4 is 15.4 Å². The lowest BCUT2D eigenvalue weighted by Gasteiger charge is -2.12. The second-order valence-corrected chi connectivity index (χ2v) is 4.26. The second kappa shape index (κ2) is 7.79. The van der Waals surface area contributed by atoms with E-state index in [4.69, 9.17) is 10.00 Å². The maximum Gasteiger partial charge on any atom is 0.321 e. The van der Waals surface area contributed by atoms with Gasteiger partial charge in [-0.3, -0.25) is 10.1 Å². The average Bonchev–Trinajstić information content (AvgIpc) is 2.45. The highest BCUT2D eigenvalue weighted by molar-refractivity contribution is 5.95. The molecule has 6 heteroatoms. The van der Waals surface area contributed by atoms with Crippen molar-refractivity contribution in [1.82, 2.24) is 10.6 Å². The monoisotopic (exact) mass is 275 g/mol. The van der Waals surface area contributed by atoms with Gasteiger partial charge in [-0.05, 0) is 31.5 Å². The quantitative estimate of drug-likeness (QED) is 0.853. The minimum Gasteiger partial charge on any atom is -0.484 e. The largest absolute Gasteiger partial charge is 0.484 e. The summed E-state index contributed by atoms with van der Waals surface area (Å²) in [6.07, 6.45) is 0.777. The third-order valence-electron chi connectivity index (χ3n) is 2.58. The summed E-state index contributed by atoms with van der Waals surface area (Å²) in [4.78, 5) is 22.9. The number of amides is 3. The Hall–Kier alpha value is -2.55. The number of nitrogens with one attached hydrogen (secondary N) is 2. The number of rotatable bonds is 5. The minimum atomic E-state index is -0.548. The second-order valence-electron chi connectivity index (χ2n) is 4.26. The maximum atomic E-state index is 11.5. The van der Waals surface area contributed by atoms with Crippen LogP contribution in [0, 0.1) is 11.3 Å². The molecule has 0 aliphatic carbocycles. The smallest absolute Gasteiger partial charge is 0.321 e. The van der Waals surface area contributed by atoms with Gasteiger partial charge >= 0.3 is 6.03 Å². The first-order valence-electron chi connectivity index (χ1n) is 6.28. The lowest BCUT2D eigenvalue weighted by atomic mass is 10.2. The van der Waals surface area contributed by atoms with Gasteiger partial charge in [-0.1, -0.05) is 13.0 Å². The first kappa shape index (κ1) is 15.5. The van der Waals surface area contributed by atoms with Gasteiger partial charge in [0.25, 0.3) is 5.91 Å². The summed E-state index contributed by atoms with van der Waals surface area (Å²) < 4.78 is 5.20. The van der Waals surface area contributed by atoms with Gasteiger partial charge in [0.15, 0.2) is 6.61 Å². The van der Waals surface area contributed by atoms with Gasteiger partial charge in [-0.15, -0.1) is 0 Å². The molecule has 0 fully saturated rings. The Morgan fingerprint density at radius 3 is 2.85 bits per heavy atom. The third kappa shape index (κ3) is 5.40. The normalized spacial score (nSPS) is 11.1. The van der Waals surface area contributed by atoms with Crippen molar-refractivity contribution in [1.29, 1.82) is 5.26 Å². The summed E-state index contributed by atoms with van der Waals surface area (Å²) in [6, 6.07) is 7.86. The summed E-state index contributed by atoms with van der Waals surface area (Å²) in [5, 5.41) is 13.5. The van der Waals surface area contributed by atoms with Crippen molar-refractivity contribution in [3.05, 3.63) is 29.8 Å². The van der Waals surface area contributed by atoms with Crippen LogP contribution in [0.1, 0.15) is 25.8 Å². The van der Waals surface area contributed by atoms with Crippen molar-refractivity contribution in [2.45, 2.75) is 26.3 Å². The zero-order valence-corrected chi connectivity index (χ0v) is 11.5. The van der Waals surface area contributed by atoms with Crippen molar-refractivity contribution in [2.75, 3.05) is 6.61 Å². The van der Waals surface area contributed by atoms with Crippen molar-refractivity contribution in [3.8, 4) is 11.8 Å². The van der Waals surface area contributed by atoms with Crippen molar-refractivity contribution >= 4 is 11.9 Å². The van der Waals surface area contributed by atoms with Crippen LogP contribution >= 0.6 is 0 Å². The molecule has 0 bridgehead atoms. The first-order chi connectivity index (χ1) is 9.55. The summed E-state index contributed by atoms with van der Waals surface area (Å²) in [5.74, 6) is -0.144. The molecule has 0 aliphatic rings. The predicted molar refractivity (Wildman–Crippen MR) is 73.1 cm³/mol. The Labute approximate surface area is 117 Å². The maximum absolute atomic E-state index is 11.5. The molecule has 0 heterocycles. The molecule has 0 aromatic heterocycles. The lowest BCUT2D eigenvalue weighted by Crippen LogP contribution is -2.44. The molecule has 106 valence electrons. The number of hydrogen-bond acceptors (Lipinski definition) is 4. The number of ether oxygens (including phenoxy) is 1. The van der Waals surface area contributed by atoms with E-state index in [2.05, 4.69) is 10.6 Å². The molecule has 2 N–H and O–H groups in total. The summed E-state index contributed by atoms with van der Waals surface area (Å²) in [7, 11) is 0. The van der Waals surface area contributed by atoms with Crippen LogP contribution in [-0.2, 0) is 4.79 Å². The number of imide groups is 1. The minimum absolute atomic E-state index is 0.00368. The average molecular weight is 275 g/mol. The van der Waals surface area contributed by atoms with Crippen molar-refractivity contribution < 1.29 is 14.3 Å². The number of hydrogen-bond donors (Lipinski definition) is 2. The van der Waals surface area contributed by atoms with Gasteiger partial charge < -0.3 is 10.1 Å². The molecule has 1 atom stereocenters. The summed E-state index contributed by atoms with van der Waals surface area (Å²) in [5.41, 5.74) is 0.442. The van der Waals surface area contributed by atoms with E-state index in [1.165, 1.54) is 6.07 Å².